The molecular weight excluding hydrogens is 450 g/mol. The van der Waals surface area contributed by atoms with Crippen molar-refractivity contribution in [1.82, 2.24) is 5.32 Å². The zero-order chi connectivity index (χ0) is 21.3. The number of phenols is 1. The average Bonchev–Trinajstić information content (AvgIpc) is 2.67. The van der Waals surface area contributed by atoms with E-state index >= 15 is 0 Å². The van der Waals surface area contributed by atoms with Crippen LogP contribution in [0.25, 0.3) is 6.08 Å². The first kappa shape index (κ1) is 20.0. The molecule has 1 fully saturated rings. The van der Waals surface area contributed by atoms with Crippen LogP contribution in [0.15, 0.2) is 46.4 Å². The Morgan fingerprint density at radius 1 is 1.21 bits per heavy atom. The molecule has 1 aliphatic heterocycles. The SMILES string of the molecule is COc1ccc(N2C(=O)NC(=O)C(=Cc3cc(Br)c(O)c([N+](=O)[O-])c3)C2=O)cc1. The molecule has 1 saturated heterocycles. The normalized spacial score (nSPS) is 15.4. The van der Waals surface area contributed by atoms with Crippen molar-refractivity contribution >= 4 is 51.2 Å². The molecule has 0 saturated carbocycles. The van der Waals surface area contributed by atoms with Crippen LogP contribution >= 0.6 is 15.9 Å². The van der Waals surface area contributed by atoms with E-state index in [-0.39, 0.29) is 15.7 Å². The van der Waals surface area contributed by atoms with E-state index in [0.29, 0.717) is 5.75 Å². The molecule has 10 nitrogen and oxygen atoms in total. The number of carbonyl (C=O) groups excluding carboxylic acids is 3. The molecule has 2 N–H and O–H groups in total. The summed E-state index contributed by atoms with van der Waals surface area (Å²) in [4.78, 5) is 48.3. The van der Waals surface area contributed by atoms with E-state index in [0.717, 1.165) is 17.0 Å². The summed E-state index contributed by atoms with van der Waals surface area (Å²) >= 11 is 2.99. The molecular formula is C18H12BrN3O7. The lowest BCUT2D eigenvalue weighted by Crippen LogP contribution is -2.54. The summed E-state index contributed by atoms with van der Waals surface area (Å²) in [5, 5.41) is 22.9. The number of hydrogen-bond donors (Lipinski definition) is 2. The van der Waals surface area contributed by atoms with Gasteiger partial charge in [0, 0.05) is 6.07 Å². The Kier molecular flexibility index (Phi) is 5.33. The molecule has 148 valence electrons. The molecule has 1 aliphatic rings. The van der Waals surface area contributed by atoms with Crippen molar-refractivity contribution in [3.63, 3.8) is 0 Å². The minimum Gasteiger partial charge on any atom is -0.501 e. The smallest absolute Gasteiger partial charge is 0.335 e. The van der Waals surface area contributed by atoms with Crippen molar-refractivity contribution in [3.05, 3.63) is 62.1 Å². The number of amides is 4. The van der Waals surface area contributed by atoms with Crippen LogP contribution < -0.4 is 15.0 Å². The average molecular weight is 462 g/mol. The maximum atomic E-state index is 12.8. The number of nitro benzene ring substituents is 1. The number of halogens is 1. The van der Waals surface area contributed by atoms with Gasteiger partial charge in [-0.25, -0.2) is 9.69 Å². The molecule has 2 aromatic rings. The Morgan fingerprint density at radius 3 is 2.45 bits per heavy atom. The number of methoxy groups -OCH3 is 1. The number of nitro groups is 1. The van der Waals surface area contributed by atoms with Gasteiger partial charge in [-0.1, -0.05) is 0 Å². The van der Waals surface area contributed by atoms with Gasteiger partial charge >= 0.3 is 11.7 Å². The van der Waals surface area contributed by atoms with Crippen LogP contribution in [0.2, 0.25) is 0 Å². The van der Waals surface area contributed by atoms with Crippen molar-refractivity contribution in [1.29, 1.82) is 0 Å². The third kappa shape index (κ3) is 3.80. The summed E-state index contributed by atoms with van der Waals surface area (Å²) in [6.45, 7) is 0. The van der Waals surface area contributed by atoms with Crippen LogP contribution in [0.3, 0.4) is 0 Å². The number of imide groups is 2. The molecule has 2 aromatic carbocycles. The van der Waals surface area contributed by atoms with E-state index in [1.165, 1.54) is 37.4 Å². The molecule has 4 amide bonds. The zero-order valence-electron chi connectivity index (χ0n) is 14.7. The first-order valence-electron chi connectivity index (χ1n) is 7.95. The monoisotopic (exact) mass is 461 g/mol. The molecule has 0 unspecified atom stereocenters. The lowest BCUT2D eigenvalue weighted by molar-refractivity contribution is -0.386. The Hall–Kier alpha value is -3.73. The summed E-state index contributed by atoms with van der Waals surface area (Å²) in [6.07, 6.45) is 1.10. The number of benzene rings is 2. The van der Waals surface area contributed by atoms with Crippen LogP contribution in [0.5, 0.6) is 11.5 Å². The molecule has 0 aromatic heterocycles. The number of barbiturate groups is 1. The number of nitrogens with zero attached hydrogens (tertiary/aromatic N) is 2. The van der Waals surface area contributed by atoms with Gasteiger partial charge in [-0.3, -0.25) is 25.0 Å². The highest BCUT2D eigenvalue weighted by Gasteiger charge is 2.37. The Bertz CT molecular complexity index is 1080. The first-order chi connectivity index (χ1) is 13.7. The van der Waals surface area contributed by atoms with Gasteiger partial charge in [-0.15, -0.1) is 0 Å². The first-order valence-corrected chi connectivity index (χ1v) is 8.74. The number of aromatic hydroxyl groups is 1. The van der Waals surface area contributed by atoms with Crippen molar-refractivity contribution in [2.24, 2.45) is 0 Å². The van der Waals surface area contributed by atoms with Gasteiger partial charge in [0.15, 0.2) is 0 Å². The lowest BCUT2D eigenvalue weighted by atomic mass is 10.1. The summed E-state index contributed by atoms with van der Waals surface area (Å²) < 4.78 is 5.03. The zero-order valence-corrected chi connectivity index (χ0v) is 16.3. The van der Waals surface area contributed by atoms with Crippen LogP contribution in [0.4, 0.5) is 16.2 Å². The van der Waals surface area contributed by atoms with Gasteiger partial charge in [-0.05, 0) is 57.9 Å². The van der Waals surface area contributed by atoms with E-state index < -0.39 is 39.8 Å². The molecule has 3 rings (SSSR count). The van der Waals surface area contributed by atoms with Crippen molar-refractivity contribution in [3.8, 4) is 11.5 Å². The molecule has 0 radical (unpaired) electrons. The van der Waals surface area contributed by atoms with Gasteiger partial charge in [-0.2, -0.15) is 0 Å². The van der Waals surface area contributed by atoms with Crippen molar-refractivity contribution in [2.45, 2.75) is 0 Å². The highest BCUT2D eigenvalue weighted by molar-refractivity contribution is 9.10. The number of nitrogens with one attached hydrogen (secondary N) is 1. The van der Waals surface area contributed by atoms with Crippen LogP contribution in [0, 0.1) is 10.1 Å². The predicted octanol–water partition coefficient (Wildman–Crippen LogP) is 2.74. The number of rotatable bonds is 4. The van der Waals surface area contributed by atoms with Crippen molar-refractivity contribution < 1.29 is 29.2 Å². The second-order valence-electron chi connectivity index (χ2n) is 5.78. The van der Waals surface area contributed by atoms with E-state index in [2.05, 4.69) is 21.2 Å². The van der Waals surface area contributed by atoms with Crippen LogP contribution in [0.1, 0.15) is 5.56 Å². The maximum absolute atomic E-state index is 12.8. The van der Waals surface area contributed by atoms with Gasteiger partial charge < -0.3 is 9.84 Å². The van der Waals surface area contributed by atoms with Gasteiger partial charge in [0.05, 0.1) is 22.2 Å². The number of hydrogen-bond acceptors (Lipinski definition) is 7. The Labute approximate surface area is 171 Å². The van der Waals surface area contributed by atoms with E-state index in [4.69, 9.17) is 4.74 Å². The van der Waals surface area contributed by atoms with Crippen LogP contribution in [-0.2, 0) is 9.59 Å². The largest absolute Gasteiger partial charge is 0.501 e. The molecule has 0 bridgehead atoms. The number of ether oxygens (including phenoxy) is 1. The topological polar surface area (TPSA) is 139 Å². The molecule has 29 heavy (non-hydrogen) atoms. The fourth-order valence-corrected chi connectivity index (χ4v) is 3.08. The minimum absolute atomic E-state index is 0.00491. The summed E-state index contributed by atoms with van der Waals surface area (Å²) in [5.41, 5.74) is -0.723. The molecule has 0 atom stereocenters. The minimum atomic E-state index is -0.948. The van der Waals surface area contributed by atoms with E-state index in [1.54, 1.807) is 0 Å². The summed E-state index contributed by atoms with van der Waals surface area (Å²) in [5.74, 6) is -1.94. The number of urea groups is 1. The molecule has 1 heterocycles. The van der Waals surface area contributed by atoms with Gasteiger partial charge in [0.2, 0.25) is 5.75 Å². The Balaban J connectivity index is 2.04. The maximum Gasteiger partial charge on any atom is 0.335 e. The predicted molar refractivity (Wildman–Crippen MR) is 104 cm³/mol. The van der Waals surface area contributed by atoms with Gasteiger partial charge in [0.25, 0.3) is 11.8 Å². The quantitative estimate of drug-likeness (QED) is 0.308. The van der Waals surface area contributed by atoms with E-state index in [9.17, 15) is 29.6 Å². The molecule has 11 heteroatoms. The third-order valence-electron chi connectivity index (χ3n) is 4.01. The molecule has 0 spiro atoms. The van der Waals surface area contributed by atoms with Crippen molar-refractivity contribution in [2.75, 3.05) is 12.0 Å². The summed E-state index contributed by atoms with van der Waals surface area (Å²) in [6, 6.07) is 7.37. The number of phenolic OH excluding ortho intramolecular Hbond substituents is 1. The van der Waals surface area contributed by atoms with Gasteiger partial charge in [0.1, 0.15) is 11.3 Å². The van der Waals surface area contributed by atoms with E-state index in [1.807, 2.05) is 0 Å². The third-order valence-corrected chi connectivity index (χ3v) is 4.61. The highest BCUT2D eigenvalue weighted by Crippen LogP contribution is 2.36. The lowest BCUT2D eigenvalue weighted by Gasteiger charge is -2.26. The molecule has 0 aliphatic carbocycles. The highest BCUT2D eigenvalue weighted by atomic mass is 79.9. The fourth-order valence-electron chi connectivity index (χ4n) is 2.62. The second kappa shape index (κ2) is 7.72. The number of anilines is 1. The van der Waals surface area contributed by atoms with Crippen LogP contribution in [-0.4, -0.2) is 35.0 Å². The standard InChI is InChI=1S/C18H12BrN3O7/c1-29-11-4-2-10(3-5-11)21-17(25)12(16(24)20-18(21)26)6-9-7-13(19)15(23)14(8-9)22(27)28/h2-8,23H,1H3,(H,20,24,26). The Morgan fingerprint density at radius 2 is 1.86 bits per heavy atom. The second-order valence-corrected chi connectivity index (χ2v) is 6.64. The summed E-state index contributed by atoms with van der Waals surface area (Å²) in [7, 11) is 1.46. The number of carbonyl (C=O) groups is 3. The fraction of sp³-hybridized carbons (Fsp3) is 0.0556.